The third-order valence-corrected chi connectivity index (χ3v) is 6.31. The molecule has 1 atom stereocenters. The highest BCUT2D eigenvalue weighted by atomic mass is 35.5. The molecule has 1 saturated heterocycles. The van der Waals surface area contributed by atoms with Crippen molar-refractivity contribution in [1.29, 1.82) is 0 Å². The minimum absolute atomic E-state index is 0.133. The summed E-state index contributed by atoms with van der Waals surface area (Å²) in [6.45, 7) is 0.620. The molecule has 1 aromatic heterocycles. The molecule has 0 bridgehead atoms. The molecule has 2 N–H and O–H groups in total. The molecule has 140 valence electrons. The lowest BCUT2D eigenvalue weighted by molar-refractivity contribution is 0.200. The standard InChI is InChI=1S/C16H19ClN4O4S/c1-18-26(23,24)13-6-3-7-21(10-13)16(22)19-15-9-14(25-20-15)11-4-2-5-12(17)8-11/h2,4-5,8-9,13,18H,3,6-7,10H2,1H3,(H,19,20,22). The van der Waals surface area contributed by atoms with E-state index in [1.807, 2.05) is 6.07 Å². The Morgan fingerprint density at radius 3 is 2.92 bits per heavy atom. The van der Waals surface area contributed by atoms with Gasteiger partial charge in [0, 0.05) is 29.7 Å². The molecular weight excluding hydrogens is 380 g/mol. The average Bonchev–Trinajstić information content (AvgIpc) is 3.10. The van der Waals surface area contributed by atoms with E-state index in [9.17, 15) is 13.2 Å². The fourth-order valence-corrected chi connectivity index (χ4v) is 4.22. The fourth-order valence-electron chi connectivity index (χ4n) is 2.84. The van der Waals surface area contributed by atoms with E-state index in [1.54, 1.807) is 24.3 Å². The number of hydrogen-bond acceptors (Lipinski definition) is 5. The maximum absolute atomic E-state index is 12.4. The zero-order chi connectivity index (χ0) is 18.7. The third kappa shape index (κ3) is 4.17. The number of anilines is 1. The molecule has 26 heavy (non-hydrogen) atoms. The Morgan fingerprint density at radius 2 is 2.19 bits per heavy atom. The number of carbonyl (C=O) groups is 1. The van der Waals surface area contributed by atoms with Crippen molar-refractivity contribution in [3.05, 3.63) is 35.4 Å². The zero-order valence-electron chi connectivity index (χ0n) is 14.1. The van der Waals surface area contributed by atoms with Crippen molar-refractivity contribution < 1.29 is 17.7 Å². The van der Waals surface area contributed by atoms with E-state index >= 15 is 0 Å². The number of amides is 2. The first kappa shape index (κ1) is 18.7. The first-order chi connectivity index (χ1) is 12.4. The summed E-state index contributed by atoms with van der Waals surface area (Å²) in [4.78, 5) is 13.9. The second-order valence-electron chi connectivity index (χ2n) is 5.98. The Bertz CT molecular complexity index is 899. The molecule has 0 spiro atoms. The third-order valence-electron chi connectivity index (χ3n) is 4.24. The van der Waals surface area contributed by atoms with Gasteiger partial charge in [-0.15, -0.1) is 0 Å². The van der Waals surface area contributed by atoms with Crippen LogP contribution < -0.4 is 10.0 Å². The lowest BCUT2D eigenvalue weighted by atomic mass is 10.1. The van der Waals surface area contributed by atoms with Gasteiger partial charge in [0.25, 0.3) is 0 Å². The number of rotatable bonds is 4. The predicted octanol–water partition coefficient (Wildman–Crippen LogP) is 2.54. The van der Waals surface area contributed by atoms with Crippen LogP contribution >= 0.6 is 11.6 Å². The minimum atomic E-state index is -3.41. The highest BCUT2D eigenvalue weighted by Crippen LogP contribution is 2.25. The summed E-state index contributed by atoms with van der Waals surface area (Å²) < 4.78 is 31.5. The van der Waals surface area contributed by atoms with Crippen molar-refractivity contribution in [1.82, 2.24) is 14.8 Å². The number of nitrogens with one attached hydrogen (secondary N) is 2. The number of benzene rings is 1. The van der Waals surface area contributed by atoms with Crippen LogP contribution in [-0.2, 0) is 10.0 Å². The highest BCUT2D eigenvalue weighted by molar-refractivity contribution is 7.90. The summed E-state index contributed by atoms with van der Waals surface area (Å²) >= 11 is 5.96. The van der Waals surface area contributed by atoms with E-state index in [1.165, 1.54) is 11.9 Å². The van der Waals surface area contributed by atoms with Crippen LogP contribution in [0.25, 0.3) is 11.3 Å². The number of likely N-dealkylation sites (tertiary alicyclic amines) is 1. The quantitative estimate of drug-likeness (QED) is 0.823. The molecule has 8 nitrogen and oxygen atoms in total. The molecular formula is C16H19ClN4O4S. The highest BCUT2D eigenvalue weighted by Gasteiger charge is 2.32. The van der Waals surface area contributed by atoms with Gasteiger partial charge in [0.2, 0.25) is 10.0 Å². The average molecular weight is 399 g/mol. The molecule has 2 aromatic rings. The Hall–Kier alpha value is -2.10. The lowest BCUT2D eigenvalue weighted by Gasteiger charge is -2.31. The van der Waals surface area contributed by atoms with E-state index in [0.29, 0.717) is 30.2 Å². The van der Waals surface area contributed by atoms with Crippen LogP contribution in [0.1, 0.15) is 12.8 Å². The number of piperidine rings is 1. The van der Waals surface area contributed by atoms with Gasteiger partial charge in [-0.05, 0) is 32.0 Å². The van der Waals surface area contributed by atoms with Crippen LogP contribution in [0.2, 0.25) is 5.02 Å². The van der Waals surface area contributed by atoms with Crippen LogP contribution in [0.4, 0.5) is 10.6 Å². The van der Waals surface area contributed by atoms with E-state index in [4.69, 9.17) is 16.1 Å². The number of hydrogen-bond donors (Lipinski definition) is 2. The normalized spacial score (nSPS) is 17.9. The SMILES string of the molecule is CNS(=O)(=O)C1CCCN(C(=O)Nc2cc(-c3cccc(Cl)c3)on2)C1. The first-order valence-electron chi connectivity index (χ1n) is 8.10. The fraction of sp³-hybridized carbons (Fsp3) is 0.375. The lowest BCUT2D eigenvalue weighted by Crippen LogP contribution is -2.49. The van der Waals surface area contributed by atoms with Crippen molar-refractivity contribution in [2.75, 3.05) is 25.5 Å². The predicted molar refractivity (Wildman–Crippen MR) is 98.5 cm³/mol. The molecule has 1 fully saturated rings. The maximum atomic E-state index is 12.4. The van der Waals surface area contributed by atoms with E-state index in [-0.39, 0.29) is 12.4 Å². The van der Waals surface area contributed by atoms with Gasteiger partial charge in [0.1, 0.15) is 0 Å². The topological polar surface area (TPSA) is 105 Å². The largest absolute Gasteiger partial charge is 0.354 e. The zero-order valence-corrected chi connectivity index (χ0v) is 15.7. The van der Waals surface area contributed by atoms with Crippen LogP contribution in [0, 0.1) is 0 Å². The van der Waals surface area contributed by atoms with Crippen molar-refractivity contribution in [2.24, 2.45) is 0 Å². The summed E-state index contributed by atoms with van der Waals surface area (Å²) in [6, 6.07) is 8.26. The van der Waals surface area contributed by atoms with Crippen LogP contribution in [0.3, 0.4) is 0 Å². The second-order valence-corrected chi connectivity index (χ2v) is 8.58. The summed E-state index contributed by atoms with van der Waals surface area (Å²) in [5, 5.41) is 6.42. The van der Waals surface area contributed by atoms with E-state index < -0.39 is 21.3 Å². The van der Waals surface area contributed by atoms with Crippen molar-refractivity contribution in [2.45, 2.75) is 18.1 Å². The van der Waals surface area contributed by atoms with Gasteiger partial charge in [0.05, 0.1) is 5.25 Å². The van der Waals surface area contributed by atoms with Gasteiger partial charge in [0.15, 0.2) is 11.6 Å². The van der Waals surface area contributed by atoms with Gasteiger partial charge in [-0.3, -0.25) is 5.32 Å². The molecule has 1 aromatic carbocycles. The monoisotopic (exact) mass is 398 g/mol. The van der Waals surface area contributed by atoms with E-state index in [0.717, 1.165) is 5.56 Å². The smallest absolute Gasteiger partial charge is 0.323 e. The minimum Gasteiger partial charge on any atom is -0.354 e. The Balaban J connectivity index is 1.67. The molecule has 0 radical (unpaired) electrons. The maximum Gasteiger partial charge on any atom is 0.323 e. The van der Waals surface area contributed by atoms with Crippen molar-refractivity contribution in [3.63, 3.8) is 0 Å². The van der Waals surface area contributed by atoms with Gasteiger partial charge < -0.3 is 9.42 Å². The molecule has 2 amide bonds. The number of nitrogens with zero attached hydrogens (tertiary/aromatic N) is 2. The van der Waals surface area contributed by atoms with Crippen molar-refractivity contribution >= 4 is 33.5 Å². The summed E-state index contributed by atoms with van der Waals surface area (Å²) in [5.41, 5.74) is 0.739. The van der Waals surface area contributed by atoms with Crippen LogP contribution in [0.15, 0.2) is 34.9 Å². The van der Waals surface area contributed by atoms with E-state index in [2.05, 4.69) is 15.2 Å². The molecule has 0 saturated carbocycles. The number of urea groups is 1. The number of aromatic nitrogens is 1. The number of sulfonamides is 1. The number of halogens is 1. The van der Waals surface area contributed by atoms with Gasteiger partial charge >= 0.3 is 6.03 Å². The molecule has 10 heteroatoms. The summed E-state index contributed by atoms with van der Waals surface area (Å²) in [6.07, 6.45) is 1.14. The summed E-state index contributed by atoms with van der Waals surface area (Å²) in [7, 11) is -2.04. The molecule has 1 aliphatic heterocycles. The van der Waals surface area contributed by atoms with Crippen LogP contribution in [-0.4, -0.2) is 49.9 Å². The Morgan fingerprint density at radius 1 is 1.38 bits per heavy atom. The number of carbonyl (C=O) groups excluding carboxylic acids is 1. The molecule has 0 aliphatic carbocycles. The molecule has 1 aliphatic rings. The summed E-state index contributed by atoms with van der Waals surface area (Å²) in [5.74, 6) is 0.723. The Labute approximate surface area is 156 Å². The van der Waals surface area contributed by atoms with Crippen LogP contribution in [0.5, 0.6) is 0 Å². The molecule has 1 unspecified atom stereocenters. The van der Waals surface area contributed by atoms with Gasteiger partial charge in [-0.1, -0.05) is 28.9 Å². The van der Waals surface area contributed by atoms with Gasteiger partial charge in [-0.2, -0.15) is 0 Å². The molecule has 2 heterocycles. The second kappa shape index (κ2) is 7.65. The Kier molecular flexibility index (Phi) is 5.49. The molecule has 3 rings (SSSR count). The van der Waals surface area contributed by atoms with Crippen molar-refractivity contribution in [3.8, 4) is 11.3 Å². The first-order valence-corrected chi connectivity index (χ1v) is 10.0. The van der Waals surface area contributed by atoms with Gasteiger partial charge in [-0.25, -0.2) is 17.9 Å².